The number of furan rings is 1. The van der Waals surface area contributed by atoms with Crippen LogP contribution in [0.15, 0.2) is 102 Å². The number of amides is 1. The van der Waals surface area contributed by atoms with E-state index < -0.39 is 6.10 Å². The molecular weight excluding hydrogens is 440 g/mol. The van der Waals surface area contributed by atoms with Crippen LogP contribution >= 0.6 is 0 Å². The molecule has 4 aromatic rings. The first-order chi connectivity index (χ1) is 17.1. The van der Waals surface area contributed by atoms with Gasteiger partial charge in [0, 0.05) is 31.3 Å². The molecule has 0 bridgehead atoms. The highest BCUT2D eigenvalue weighted by molar-refractivity contribution is 5.94. The zero-order valence-corrected chi connectivity index (χ0v) is 19.8. The molecule has 1 atom stereocenters. The lowest BCUT2D eigenvalue weighted by Crippen LogP contribution is -2.40. The van der Waals surface area contributed by atoms with Gasteiger partial charge in [0.05, 0.1) is 19.5 Å². The van der Waals surface area contributed by atoms with Gasteiger partial charge < -0.3 is 24.5 Å². The number of nitrogens with zero attached hydrogens (tertiary/aromatic N) is 1. The summed E-state index contributed by atoms with van der Waals surface area (Å²) in [6.07, 6.45) is 1.64. The first kappa shape index (κ1) is 24.1. The van der Waals surface area contributed by atoms with Crippen LogP contribution in [0.2, 0.25) is 0 Å². The van der Waals surface area contributed by atoms with Gasteiger partial charge in [-0.15, -0.1) is 0 Å². The van der Waals surface area contributed by atoms with Crippen LogP contribution < -0.4 is 15.0 Å². The Bertz CT molecular complexity index is 1170. The number of rotatable bonds is 11. The van der Waals surface area contributed by atoms with Crippen molar-refractivity contribution in [1.29, 1.82) is 0 Å². The summed E-state index contributed by atoms with van der Waals surface area (Å²) in [5, 5.41) is 13.5. The van der Waals surface area contributed by atoms with Crippen molar-refractivity contribution in [3.05, 3.63) is 120 Å². The fourth-order valence-electron chi connectivity index (χ4n) is 3.87. The lowest BCUT2D eigenvalue weighted by molar-refractivity contribution is 0.0918. The summed E-state index contributed by atoms with van der Waals surface area (Å²) in [6, 6.07) is 29.2. The SMILES string of the molecule is COc1ccc(CN(CC(O)CNC(=O)c2ccc(Cc3ccccc3)cc2)c2ccco2)cc1. The summed E-state index contributed by atoms with van der Waals surface area (Å²) in [7, 11) is 1.63. The number of hydrogen-bond donors (Lipinski definition) is 2. The van der Waals surface area contributed by atoms with Crippen LogP contribution in [0.3, 0.4) is 0 Å². The minimum Gasteiger partial charge on any atom is -0.497 e. The molecule has 0 radical (unpaired) electrons. The van der Waals surface area contributed by atoms with Crippen LogP contribution in [0.1, 0.15) is 27.0 Å². The van der Waals surface area contributed by atoms with Crippen molar-refractivity contribution >= 4 is 11.8 Å². The molecule has 1 heterocycles. The molecule has 1 unspecified atom stereocenters. The van der Waals surface area contributed by atoms with Crippen molar-refractivity contribution in [3.63, 3.8) is 0 Å². The van der Waals surface area contributed by atoms with Gasteiger partial charge in [-0.25, -0.2) is 0 Å². The second-order valence-corrected chi connectivity index (χ2v) is 8.40. The Morgan fingerprint density at radius 3 is 2.26 bits per heavy atom. The third-order valence-corrected chi connectivity index (χ3v) is 5.75. The zero-order chi connectivity index (χ0) is 24.5. The molecule has 1 amide bonds. The number of carbonyl (C=O) groups is 1. The topological polar surface area (TPSA) is 74.9 Å². The maximum absolute atomic E-state index is 12.6. The van der Waals surface area contributed by atoms with Crippen molar-refractivity contribution in [3.8, 4) is 5.75 Å². The summed E-state index contributed by atoms with van der Waals surface area (Å²) in [4.78, 5) is 14.6. The highest BCUT2D eigenvalue weighted by Crippen LogP contribution is 2.20. The molecule has 0 fully saturated rings. The highest BCUT2D eigenvalue weighted by atomic mass is 16.5. The molecule has 0 saturated carbocycles. The lowest BCUT2D eigenvalue weighted by atomic mass is 10.0. The van der Waals surface area contributed by atoms with E-state index in [0.717, 1.165) is 23.3 Å². The van der Waals surface area contributed by atoms with Gasteiger partial charge >= 0.3 is 0 Å². The van der Waals surface area contributed by atoms with Crippen LogP contribution in [0.25, 0.3) is 0 Å². The fourth-order valence-corrected chi connectivity index (χ4v) is 3.87. The Morgan fingerprint density at radius 2 is 1.60 bits per heavy atom. The summed E-state index contributed by atoms with van der Waals surface area (Å²) >= 11 is 0. The molecule has 3 aromatic carbocycles. The van der Waals surface area contributed by atoms with Gasteiger partial charge in [0.2, 0.25) is 0 Å². The predicted octanol–water partition coefficient (Wildman–Crippen LogP) is 4.68. The van der Waals surface area contributed by atoms with Crippen molar-refractivity contribution < 1.29 is 19.1 Å². The van der Waals surface area contributed by atoms with Crippen molar-refractivity contribution in [2.75, 3.05) is 25.1 Å². The summed E-state index contributed by atoms with van der Waals surface area (Å²) in [6.45, 7) is 0.978. The zero-order valence-electron chi connectivity index (χ0n) is 19.8. The highest BCUT2D eigenvalue weighted by Gasteiger charge is 2.17. The van der Waals surface area contributed by atoms with E-state index in [1.807, 2.05) is 83.8 Å². The number of methoxy groups -OCH3 is 1. The van der Waals surface area contributed by atoms with E-state index >= 15 is 0 Å². The summed E-state index contributed by atoms with van der Waals surface area (Å²) in [5.74, 6) is 1.23. The molecule has 0 saturated heterocycles. The minimum atomic E-state index is -0.778. The number of aliphatic hydroxyl groups excluding tert-OH is 1. The molecule has 0 aliphatic carbocycles. The van der Waals surface area contributed by atoms with Gasteiger partial charge in [0.15, 0.2) is 5.88 Å². The lowest BCUT2D eigenvalue weighted by Gasteiger charge is -2.25. The van der Waals surface area contributed by atoms with E-state index in [1.165, 1.54) is 5.56 Å². The Kier molecular flexibility index (Phi) is 8.20. The van der Waals surface area contributed by atoms with Crippen molar-refractivity contribution in [1.82, 2.24) is 5.32 Å². The Hall–Kier alpha value is -4.03. The Morgan fingerprint density at radius 1 is 0.914 bits per heavy atom. The third kappa shape index (κ3) is 6.98. The first-order valence-electron chi connectivity index (χ1n) is 11.6. The maximum Gasteiger partial charge on any atom is 0.251 e. The average Bonchev–Trinajstić information content (AvgIpc) is 3.44. The van der Waals surface area contributed by atoms with Gasteiger partial charge in [0.25, 0.3) is 5.91 Å². The van der Waals surface area contributed by atoms with E-state index in [-0.39, 0.29) is 12.5 Å². The molecular formula is C29H30N2O4. The van der Waals surface area contributed by atoms with Gasteiger partial charge in [-0.2, -0.15) is 0 Å². The second-order valence-electron chi connectivity index (χ2n) is 8.40. The van der Waals surface area contributed by atoms with Crippen LogP contribution in [-0.4, -0.2) is 37.3 Å². The molecule has 0 aliphatic heterocycles. The second kappa shape index (κ2) is 11.9. The number of hydrogen-bond acceptors (Lipinski definition) is 5. The minimum absolute atomic E-state index is 0.129. The smallest absolute Gasteiger partial charge is 0.251 e. The maximum atomic E-state index is 12.6. The summed E-state index contributed by atoms with van der Waals surface area (Å²) < 4.78 is 10.8. The fraction of sp³-hybridized carbons (Fsp3) is 0.207. The number of carbonyl (C=O) groups excluding carboxylic acids is 1. The molecule has 180 valence electrons. The molecule has 0 aliphatic rings. The van der Waals surface area contributed by atoms with Crippen LogP contribution in [0, 0.1) is 0 Å². The quantitative estimate of drug-likeness (QED) is 0.333. The normalized spacial score (nSPS) is 11.6. The monoisotopic (exact) mass is 470 g/mol. The van der Waals surface area contributed by atoms with E-state index in [2.05, 4.69) is 17.4 Å². The standard InChI is InChI=1S/C29H30N2O4/c1-34-27-15-11-24(12-16-27)20-31(28-8-5-17-35-28)21-26(32)19-30-29(33)25-13-9-23(10-14-25)18-22-6-3-2-4-7-22/h2-17,26,32H,18-21H2,1H3,(H,30,33). The first-order valence-corrected chi connectivity index (χ1v) is 11.6. The largest absolute Gasteiger partial charge is 0.497 e. The predicted molar refractivity (Wildman–Crippen MR) is 137 cm³/mol. The van der Waals surface area contributed by atoms with E-state index in [1.54, 1.807) is 13.4 Å². The van der Waals surface area contributed by atoms with Gasteiger partial charge in [-0.3, -0.25) is 4.79 Å². The average molecular weight is 471 g/mol. The van der Waals surface area contributed by atoms with E-state index in [4.69, 9.17) is 9.15 Å². The third-order valence-electron chi connectivity index (χ3n) is 5.75. The molecule has 6 nitrogen and oxygen atoms in total. The van der Waals surface area contributed by atoms with Crippen LogP contribution in [0.5, 0.6) is 5.75 Å². The van der Waals surface area contributed by atoms with Gasteiger partial charge in [-0.05, 0) is 53.4 Å². The van der Waals surface area contributed by atoms with E-state index in [0.29, 0.717) is 24.5 Å². The molecule has 2 N–H and O–H groups in total. The van der Waals surface area contributed by atoms with Crippen LogP contribution in [-0.2, 0) is 13.0 Å². The van der Waals surface area contributed by atoms with E-state index in [9.17, 15) is 9.90 Å². The van der Waals surface area contributed by atoms with Gasteiger partial charge in [-0.1, -0.05) is 54.6 Å². The van der Waals surface area contributed by atoms with Gasteiger partial charge in [0.1, 0.15) is 5.75 Å². The molecule has 6 heteroatoms. The van der Waals surface area contributed by atoms with Crippen molar-refractivity contribution in [2.45, 2.75) is 19.1 Å². The number of anilines is 1. The molecule has 1 aromatic heterocycles. The molecule has 0 spiro atoms. The molecule has 35 heavy (non-hydrogen) atoms. The molecule has 4 rings (SSSR count). The van der Waals surface area contributed by atoms with Crippen LogP contribution in [0.4, 0.5) is 5.88 Å². The number of ether oxygens (including phenoxy) is 1. The number of aliphatic hydroxyl groups is 1. The van der Waals surface area contributed by atoms with Crippen molar-refractivity contribution in [2.24, 2.45) is 0 Å². The Labute approximate surface area is 205 Å². The Balaban J connectivity index is 1.31. The number of nitrogens with one attached hydrogen (secondary N) is 1. The number of benzene rings is 3. The summed E-state index contributed by atoms with van der Waals surface area (Å²) in [5.41, 5.74) is 3.98.